The summed E-state index contributed by atoms with van der Waals surface area (Å²) in [4.78, 5) is 11.4. The minimum absolute atomic E-state index is 0.208. The van der Waals surface area contributed by atoms with Crippen molar-refractivity contribution in [3.8, 4) is 0 Å². The van der Waals surface area contributed by atoms with Gasteiger partial charge < -0.3 is 10.4 Å². The third kappa shape index (κ3) is 4.48. The van der Waals surface area contributed by atoms with E-state index in [1.165, 1.54) is 0 Å². The van der Waals surface area contributed by atoms with Gasteiger partial charge in [0.2, 0.25) is 0 Å². The highest BCUT2D eigenvalue weighted by Gasteiger charge is 2.02. The molecule has 1 rings (SSSR count). The summed E-state index contributed by atoms with van der Waals surface area (Å²) in [7, 11) is 5.04. The molecule has 3 nitrogen and oxygen atoms in total. The van der Waals surface area contributed by atoms with Crippen LogP contribution in [0.4, 0.5) is 5.69 Å². The lowest BCUT2D eigenvalue weighted by Crippen LogP contribution is -1.95. The van der Waals surface area contributed by atoms with E-state index < -0.39 is 5.97 Å². The predicted molar refractivity (Wildman–Crippen MR) is 66.6 cm³/mol. The van der Waals surface area contributed by atoms with Gasteiger partial charge in [0.25, 0.3) is 0 Å². The molecule has 0 fully saturated rings. The number of anilines is 1. The largest absolute Gasteiger partial charge is 0.481 e. The molecule has 0 aromatic heterocycles. The normalized spacial score (nSPS) is 9.93. The standard InChI is InChI=1S/C10H13NO2S2/c1-11-8-4-2-3-5-9(8)15-14-7-6-10(12)13/h2-5,11H,6-7H2,1H3,(H,12,13). The number of hydrogen-bond acceptors (Lipinski definition) is 4. The van der Waals surface area contributed by atoms with Gasteiger partial charge in [0.15, 0.2) is 0 Å². The fraction of sp³-hybridized carbons (Fsp3) is 0.300. The zero-order valence-corrected chi connectivity index (χ0v) is 10.0. The molecule has 1 aromatic rings. The Morgan fingerprint density at radius 3 is 2.87 bits per heavy atom. The summed E-state index contributed by atoms with van der Waals surface area (Å²) in [5.41, 5.74) is 1.07. The molecule has 82 valence electrons. The van der Waals surface area contributed by atoms with Crippen molar-refractivity contribution in [3.05, 3.63) is 24.3 Å². The van der Waals surface area contributed by atoms with Gasteiger partial charge in [0, 0.05) is 23.4 Å². The second kappa shape index (κ2) is 6.63. The average Bonchev–Trinajstić information content (AvgIpc) is 2.24. The zero-order valence-electron chi connectivity index (χ0n) is 8.40. The Labute approximate surface area is 97.0 Å². The first kappa shape index (κ1) is 12.3. The van der Waals surface area contributed by atoms with Gasteiger partial charge in [-0.1, -0.05) is 33.7 Å². The molecule has 0 heterocycles. The van der Waals surface area contributed by atoms with E-state index in [9.17, 15) is 4.79 Å². The Kier molecular flexibility index (Phi) is 5.42. The molecule has 15 heavy (non-hydrogen) atoms. The van der Waals surface area contributed by atoms with Crippen molar-refractivity contribution in [2.45, 2.75) is 11.3 Å². The van der Waals surface area contributed by atoms with Crippen LogP contribution in [0.15, 0.2) is 29.2 Å². The molecule has 0 radical (unpaired) electrons. The molecule has 0 unspecified atom stereocenters. The molecule has 0 saturated heterocycles. The highest BCUT2D eigenvalue weighted by atomic mass is 33.1. The first-order valence-corrected chi connectivity index (χ1v) is 6.84. The van der Waals surface area contributed by atoms with Crippen molar-refractivity contribution in [3.63, 3.8) is 0 Å². The van der Waals surface area contributed by atoms with Gasteiger partial charge in [-0.15, -0.1) is 0 Å². The zero-order chi connectivity index (χ0) is 11.1. The molecular formula is C10H13NO2S2. The lowest BCUT2D eigenvalue weighted by atomic mass is 10.3. The van der Waals surface area contributed by atoms with Crippen LogP contribution in [0.1, 0.15) is 6.42 Å². The maximum absolute atomic E-state index is 10.3. The predicted octanol–water partition coefficient (Wildman–Crippen LogP) is 2.94. The number of rotatable bonds is 6. The molecule has 2 N–H and O–H groups in total. The Balaban J connectivity index is 2.39. The van der Waals surface area contributed by atoms with Crippen LogP contribution in [0.3, 0.4) is 0 Å². The van der Waals surface area contributed by atoms with Crippen LogP contribution in [0, 0.1) is 0 Å². The van der Waals surface area contributed by atoms with Crippen LogP contribution >= 0.6 is 21.6 Å². The number of hydrogen-bond donors (Lipinski definition) is 2. The van der Waals surface area contributed by atoms with Crippen molar-refractivity contribution >= 4 is 33.2 Å². The summed E-state index contributed by atoms with van der Waals surface area (Å²) in [6, 6.07) is 7.96. The number of aliphatic carboxylic acids is 1. The quantitative estimate of drug-likeness (QED) is 0.594. The van der Waals surface area contributed by atoms with E-state index in [0.717, 1.165) is 10.6 Å². The van der Waals surface area contributed by atoms with Crippen LogP contribution in [0.25, 0.3) is 0 Å². The van der Waals surface area contributed by atoms with Gasteiger partial charge in [0.1, 0.15) is 0 Å². The fourth-order valence-corrected chi connectivity index (χ4v) is 3.16. The Morgan fingerprint density at radius 2 is 2.20 bits per heavy atom. The van der Waals surface area contributed by atoms with E-state index >= 15 is 0 Å². The molecule has 0 aliphatic rings. The van der Waals surface area contributed by atoms with E-state index in [0.29, 0.717) is 5.75 Å². The van der Waals surface area contributed by atoms with Gasteiger partial charge in [-0.05, 0) is 12.1 Å². The Morgan fingerprint density at radius 1 is 1.47 bits per heavy atom. The summed E-state index contributed by atoms with van der Waals surface area (Å²) < 4.78 is 0. The topological polar surface area (TPSA) is 49.3 Å². The summed E-state index contributed by atoms with van der Waals surface area (Å²) in [6.45, 7) is 0. The van der Waals surface area contributed by atoms with Crippen molar-refractivity contribution in [1.82, 2.24) is 0 Å². The van der Waals surface area contributed by atoms with Crippen molar-refractivity contribution < 1.29 is 9.90 Å². The van der Waals surface area contributed by atoms with Gasteiger partial charge in [0.05, 0.1) is 6.42 Å². The summed E-state index contributed by atoms with van der Waals surface area (Å²) in [6.07, 6.45) is 0.208. The van der Waals surface area contributed by atoms with Crippen LogP contribution in [-0.2, 0) is 4.79 Å². The summed E-state index contributed by atoms with van der Waals surface area (Å²) >= 11 is 0. The summed E-state index contributed by atoms with van der Waals surface area (Å²) in [5.74, 6) is -0.122. The van der Waals surface area contributed by atoms with Crippen LogP contribution in [0.2, 0.25) is 0 Å². The van der Waals surface area contributed by atoms with E-state index in [4.69, 9.17) is 5.11 Å². The first-order valence-electron chi connectivity index (χ1n) is 4.52. The molecule has 0 atom stereocenters. The lowest BCUT2D eigenvalue weighted by Gasteiger charge is -2.06. The van der Waals surface area contributed by atoms with Crippen molar-refractivity contribution in [2.24, 2.45) is 0 Å². The number of para-hydroxylation sites is 1. The molecule has 0 saturated carbocycles. The monoisotopic (exact) mass is 243 g/mol. The van der Waals surface area contributed by atoms with Gasteiger partial charge in [-0.3, -0.25) is 4.79 Å². The van der Waals surface area contributed by atoms with E-state index in [-0.39, 0.29) is 6.42 Å². The molecule has 0 bridgehead atoms. The minimum Gasteiger partial charge on any atom is -0.481 e. The van der Waals surface area contributed by atoms with Crippen LogP contribution < -0.4 is 5.32 Å². The third-order valence-corrected chi connectivity index (χ3v) is 4.12. The number of carboxylic acids is 1. The van der Waals surface area contributed by atoms with E-state index in [1.807, 2.05) is 31.3 Å². The van der Waals surface area contributed by atoms with Gasteiger partial charge >= 0.3 is 5.97 Å². The lowest BCUT2D eigenvalue weighted by molar-refractivity contribution is -0.136. The number of carboxylic acid groups (broad SMARTS) is 1. The third-order valence-electron chi connectivity index (χ3n) is 1.70. The van der Waals surface area contributed by atoms with Crippen LogP contribution in [-0.4, -0.2) is 23.9 Å². The highest BCUT2D eigenvalue weighted by Crippen LogP contribution is 2.35. The molecule has 1 aromatic carbocycles. The maximum Gasteiger partial charge on any atom is 0.304 e. The minimum atomic E-state index is -0.745. The molecule has 0 spiro atoms. The van der Waals surface area contributed by atoms with Gasteiger partial charge in [-0.25, -0.2) is 0 Å². The second-order valence-electron chi connectivity index (χ2n) is 2.80. The maximum atomic E-state index is 10.3. The van der Waals surface area contributed by atoms with Gasteiger partial charge in [-0.2, -0.15) is 0 Å². The fourth-order valence-electron chi connectivity index (χ4n) is 0.980. The molecular weight excluding hydrogens is 230 g/mol. The Bertz CT molecular complexity index is 331. The first-order chi connectivity index (χ1) is 7.24. The number of benzene rings is 1. The average molecular weight is 243 g/mol. The molecule has 0 aliphatic heterocycles. The van der Waals surface area contributed by atoms with E-state index in [1.54, 1.807) is 21.6 Å². The van der Waals surface area contributed by atoms with Crippen molar-refractivity contribution in [2.75, 3.05) is 18.1 Å². The summed E-state index contributed by atoms with van der Waals surface area (Å²) in [5, 5.41) is 11.6. The molecule has 0 amide bonds. The van der Waals surface area contributed by atoms with E-state index in [2.05, 4.69) is 5.32 Å². The number of nitrogens with one attached hydrogen (secondary N) is 1. The van der Waals surface area contributed by atoms with Crippen molar-refractivity contribution in [1.29, 1.82) is 0 Å². The SMILES string of the molecule is CNc1ccccc1SSCCC(=O)O. The number of carbonyl (C=O) groups is 1. The smallest absolute Gasteiger partial charge is 0.304 e. The van der Waals surface area contributed by atoms with Crippen LogP contribution in [0.5, 0.6) is 0 Å². The molecule has 5 heteroatoms. The molecule has 0 aliphatic carbocycles. The Hall–Kier alpha value is -0.810. The highest BCUT2D eigenvalue weighted by molar-refractivity contribution is 8.76. The second-order valence-corrected chi connectivity index (χ2v) is 5.25.